The van der Waals surface area contributed by atoms with Gasteiger partial charge in [-0.05, 0) is 36.4 Å². The second-order valence-electron chi connectivity index (χ2n) is 6.11. The molecule has 28 heavy (non-hydrogen) atoms. The third-order valence-corrected chi connectivity index (χ3v) is 6.25. The first kappa shape index (κ1) is 18.5. The zero-order chi connectivity index (χ0) is 19.5. The van der Waals surface area contributed by atoms with Crippen molar-refractivity contribution in [3.05, 3.63) is 53.9 Å². The van der Waals surface area contributed by atoms with Crippen LogP contribution in [0.3, 0.4) is 0 Å². The lowest BCUT2D eigenvalue weighted by atomic mass is 10.2. The number of nitrogens with one attached hydrogen (secondary N) is 2. The van der Waals surface area contributed by atoms with Gasteiger partial charge in [-0.3, -0.25) is 9.59 Å². The monoisotopic (exact) mass is 411 g/mol. The van der Waals surface area contributed by atoms with E-state index in [0.29, 0.717) is 5.13 Å². The van der Waals surface area contributed by atoms with Crippen molar-refractivity contribution in [1.82, 2.24) is 4.98 Å². The lowest BCUT2D eigenvalue weighted by Gasteiger charge is -2.23. The minimum absolute atomic E-state index is 0.0856. The summed E-state index contributed by atoms with van der Waals surface area (Å²) in [6.45, 7) is 0. The number of para-hydroxylation sites is 1. The molecule has 2 aromatic carbocycles. The number of carbonyl (C=O) groups excluding carboxylic acids is 2. The number of nitrogens with zero attached hydrogens (tertiary/aromatic N) is 1. The van der Waals surface area contributed by atoms with Crippen LogP contribution in [0.2, 0.25) is 0 Å². The van der Waals surface area contributed by atoms with Crippen LogP contribution in [0.5, 0.6) is 5.75 Å². The molecule has 1 aliphatic rings. The van der Waals surface area contributed by atoms with E-state index in [1.54, 1.807) is 7.11 Å². The Kier molecular flexibility index (Phi) is 5.31. The second kappa shape index (κ2) is 8.04. The van der Waals surface area contributed by atoms with E-state index in [0.717, 1.165) is 27.6 Å². The number of thiazole rings is 1. The van der Waals surface area contributed by atoms with Crippen LogP contribution >= 0.6 is 23.1 Å². The predicted octanol–water partition coefficient (Wildman–Crippen LogP) is 4.26. The van der Waals surface area contributed by atoms with Crippen LogP contribution in [0.4, 0.5) is 10.8 Å². The number of thioether (sulfide) groups is 1. The van der Waals surface area contributed by atoms with E-state index >= 15 is 0 Å². The van der Waals surface area contributed by atoms with Crippen LogP contribution in [0, 0.1) is 0 Å². The molecule has 6 nitrogen and oxygen atoms in total. The van der Waals surface area contributed by atoms with Crippen LogP contribution in [-0.4, -0.2) is 29.2 Å². The van der Waals surface area contributed by atoms with Crippen molar-refractivity contribution in [3.8, 4) is 17.0 Å². The SMILES string of the molecule is COc1ccc(-c2csc(NC(=O)C[C@@H]3Sc4ccccc4NC3=O)n2)cc1. The summed E-state index contributed by atoms with van der Waals surface area (Å²) in [5.74, 6) is 0.386. The summed E-state index contributed by atoms with van der Waals surface area (Å²) < 4.78 is 5.16. The van der Waals surface area contributed by atoms with Crippen LogP contribution in [0.1, 0.15) is 6.42 Å². The van der Waals surface area contributed by atoms with Gasteiger partial charge in [0.15, 0.2) is 5.13 Å². The maximum atomic E-state index is 12.4. The predicted molar refractivity (Wildman–Crippen MR) is 112 cm³/mol. The zero-order valence-electron chi connectivity index (χ0n) is 15.0. The van der Waals surface area contributed by atoms with Crippen molar-refractivity contribution in [2.45, 2.75) is 16.6 Å². The van der Waals surface area contributed by atoms with Gasteiger partial charge in [-0.25, -0.2) is 4.98 Å². The Labute approximate surface area is 170 Å². The number of hydrogen-bond acceptors (Lipinski definition) is 6. The first-order chi connectivity index (χ1) is 13.6. The second-order valence-corrected chi connectivity index (χ2v) is 8.21. The average molecular weight is 412 g/mol. The maximum Gasteiger partial charge on any atom is 0.238 e. The molecule has 0 bridgehead atoms. The highest BCUT2D eigenvalue weighted by Gasteiger charge is 2.29. The minimum atomic E-state index is -0.462. The quantitative estimate of drug-likeness (QED) is 0.656. The molecule has 1 atom stereocenters. The first-order valence-corrected chi connectivity index (χ1v) is 10.3. The summed E-state index contributed by atoms with van der Waals surface area (Å²) in [5.41, 5.74) is 2.51. The van der Waals surface area contributed by atoms with Gasteiger partial charge in [0.1, 0.15) is 5.75 Å². The Bertz CT molecular complexity index is 1020. The number of methoxy groups -OCH3 is 1. The van der Waals surface area contributed by atoms with Crippen LogP contribution in [0.15, 0.2) is 58.8 Å². The van der Waals surface area contributed by atoms with Crippen molar-refractivity contribution in [3.63, 3.8) is 0 Å². The molecular weight excluding hydrogens is 394 g/mol. The third kappa shape index (κ3) is 4.02. The minimum Gasteiger partial charge on any atom is -0.497 e. The lowest BCUT2D eigenvalue weighted by molar-refractivity contribution is -0.120. The summed E-state index contributed by atoms with van der Waals surface area (Å²) >= 11 is 2.76. The fourth-order valence-electron chi connectivity index (χ4n) is 2.79. The van der Waals surface area contributed by atoms with Gasteiger partial charge in [0.25, 0.3) is 0 Å². The van der Waals surface area contributed by atoms with Crippen LogP contribution in [-0.2, 0) is 9.59 Å². The van der Waals surface area contributed by atoms with Crippen molar-refractivity contribution in [1.29, 1.82) is 0 Å². The molecular formula is C20H17N3O3S2. The third-order valence-electron chi connectivity index (χ3n) is 4.21. The molecule has 4 rings (SSSR count). The number of fused-ring (bicyclic) bond motifs is 1. The largest absolute Gasteiger partial charge is 0.497 e. The number of carbonyl (C=O) groups is 2. The van der Waals surface area contributed by atoms with Gasteiger partial charge in [-0.2, -0.15) is 0 Å². The van der Waals surface area contributed by atoms with E-state index in [2.05, 4.69) is 15.6 Å². The lowest BCUT2D eigenvalue weighted by Crippen LogP contribution is -2.32. The van der Waals surface area contributed by atoms with E-state index in [9.17, 15) is 9.59 Å². The summed E-state index contributed by atoms with van der Waals surface area (Å²) in [4.78, 5) is 30.1. The Balaban J connectivity index is 1.39. The fourth-order valence-corrected chi connectivity index (χ4v) is 4.64. The molecule has 0 aliphatic carbocycles. The molecule has 0 unspecified atom stereocenters. The molecule has 2 heterocycles. The molecule has 2 amide bonds. The van der Waals surface area contributed by atoms with Gasteiger partial charge in [-0.15, -0.1) is 23.1 Å². The summed E-state index contributed by atoms with van der Waals surface area (Å²) in [7, 11) is 1.62. The molecule has 8 heteroatoms. The zero-order valence-corrected chi connectivity index (χ0v) is 16.6. The maximum absolute atomic E-state index is 12.4. The molecule has 0 saturated carbocycles. The van der Waals surface area contributed by atoms with Crippen molar-refractivity contribution < 1.29 is 14.3 Å². The van der Waals surface area contributed by atoms with Crippen molar-refractivity contribution >= 4 is 45.7 Å². The summed E-state index contributed by atoms with van der Waals surface area (Å²) in [5, 5.41) is 7.58. The van der Waals surface area contributed by atoms with E-state index in [4.69, 9.17) is 4.74 Å². The summed E-state index contributed by atoms with van der Waals surface area (Å²) in [6, 6.07) is 15.1. The number of hydrogen-bond donors (Lipinski definition) is 2. The number of anilines is 2. The molecule has 1 aromatic heterocycles. The number of amides is 2. The van der Waals surface area contributed by atoms with Crippen molar-refractivity contribution in [2.75, 3.05) is 17.7 Å². The highest BCUT2D eigenvalue weighted by atomic mass is 32.2. The Morgan fingerprint density at radius 3 is 2.79 bits per heavy atom. The smallest absolute Gasteiger partial charge is 0.238 e. The van der Waals surface area contributed by atoms with Crippen LogP contribution in [0.25, 0.3) is 11.3 Å². The molecule has 0 fully saturated rings. The van der Waals surface area contributed by atoms with Gasteiger partial charge in [0.05, 0.1) is 23.7 Å². The van der Waals surface area contributed by atoms with E-state index in [1.165, 1.54) is 23.1 Å². The normalized spacial score (nSPS) is 15.5. The van der Waals surface area contributed by atoms with Gasteiger partial charge in [-0.1, -0.05) is 12.1 Å². The van der Waals surface area contributed by atoms with Crippen LogP contribution < -0.4 is 15.4 Å². The fraction of sp³-hybridized carbons (Fsp3) is 0.150. The molecule has 0 spiro atoms. The Hall–Kier alpha value is -2.84. The Morgan fingerprint density at radius 2 is 2.00 bits per heavy atom. The van der Waals surface area contributed by atoms with Crippen molar-refractivity contribution in [2.24, 2.45) is 0 Å². The van der Waals surface area contributed by atoms with E-state index in [-0.39, 0.29) is 18.2 Å². The standard InChI is InChI=1S/C20H17N3O3S2/c1-26-13-8-6-12(7-9-13)15-11-27-20(22-15)23-18(24)10-17-19(25)21-14-4-2-3-5-16(14)28-17/h2-9,11,17H,10H2,1H3,(H,21,25)(H,22,23,24)/t17-/m0/s1. The molecule has 3 aromatic rings. The van der Waals surface area contributed by atoms with Gasteiger partial charge in [0, 0.05) is 22.3 Å². The molecule has 0 saturated heterocycles. The molecule has 0 radical (unpaired) electrons. The average Bonchev–Trinajstić information content (AvgIpc) is 3.17. The molecule has 2 N–H and O–H groups in total. The van der Waals surface area contributed by atoms with E-state index < -0.39 is 5.25 Å². The number of aromatic nitrogens is 1. The number of ether oxygens (including phenoxy) is 1. The number of rotatable bonds is 5. The number of benzene rings is 2. The van der Waals surface area contributed by atoms with E-state index in [1.807, 2.05) is 53.9 Å². The highest BCUT2D eigenvalue weighted by molar-refractivity contribution is 8.01. The first-order valence-electron chi connectivity index (χ1n) is 8.59. The topological polar surface area (TPSA) is 80.3 Å². The van der Waals surface area contributed by atoms with Gasteiger partial charge >= 0.3 is 0 Å². The highest BCUT2D eigenvalue weighted by Crippen LogP contribution is 2.36. The Morgan fingerprint density at radius 1 is 1.21 bits per heavy atom. The molecule has 142 valence electrons. The van der Waals surface area contributed by atoms with Gasteiger partial charge in [0.2, 0.25) is 11.8 Å². The molecule has 1 aliphatic heterocycles. The van der Waals surface area contributed by atoms with Gasteiger partial charge < -0.3 is 15.4 Å². The summed E-state index contributed by atoms with van der Waals surface area (Å²) in [6.07, 6.45) is 0.0856.